The maximum absolute atomic E-state index is 6.15. The molecule has 0 radical (unpaired) electrons. The highest BCUT2D eigenvalue weighted by molar-refractivity contribution is 6.32. The Morgan fingerprint density at radius 1 is 1.32 bits per heavy atom. The first-order valence-electron chi connectivity index (χ1n) is 6.40. The van der Waals surface area contributed by atoms with Crippen LogP contribution in [0.3, 0.4) is 0 Å². The first kappa shape index (κ1) is 12.5. The van der Waals surface area contributed by atoms with Gasteiger partial charge in [-0.15, -0.1) is 0 Å². The van der Waals surface area contributed by atoms with Gasteiger partial charge in [0.1, 0.15) is 17.5 Å². The van der Waals surface area contributed by atoms with Crippen LogP contribution in [0.2, 0.25) is 5.15 Å². The summed E-state index contributed by atoms with van der Waals surface area (Å²) in [6, 6.07) is 12.4. The van der Waals surface area contributed by atoms with E-state index in [0.29, 0.717) is 17.8 Å². The standard InChI is InChI=1S/C15H15ClN2O/c16-15-14(11-4-2-1-3-5-11)8-13(9-18-15)19-10-12-6-7-17-12/h1-5,8-9,12,17H,6-7,10H2/t12-/m1/s1. The zero-order chi connectivity index (χ0) is 13.1. The van der Waals surface area contributed by atoms with Crippen molar-refractivity contribution in [2.24, 2.45) is 0 Å². The molecule has 1 atom stereocenters. The third kappa shape index (κ3) is 2.88. The summed E-state index contributed by atoms with van der Waals surface area (Å²) in [7, 11) is 0. The molecule has 3 rings (SSSR count). The Bertz CT molecular complexity index is 555. The van der Waals surface area contributed by atoms with Gasteiger partial charge in [0.25, 0.3) is 0 Å². The number of nitrogens with zero attached hydrogens (tertiary/aromatic N) is 1. The summed E-state index contributed by atoms with van der Waals surface area (Å²) in [4.78, 5) is 4.20. The molecule has 1 aromatic carbocycles. The second kappa shape index (κ2) is 5.59. The number of hydrogen-bond acceptors (Lipinski definition) is 3. The van der Waals surface area contributed by atoms with Crippen molar-refractivity contribution in [2.45, 2.75) is 12.5 Å². The third-order valence-electron chi connectivity index (χ3n) is 3.28. The fourth-order valence-corrected chi connectivity index (χ4v) is 2.23. The number of halogens is 1. The quantitative estimate of drug-likeness (QED) is 0.870. The molecule has 1 aliphatic rings. The number of rotatable bonds is 4. The average Bonchev–Trinajstić information content (AvgIpc) is 2.40. The summed E-state index contributed by atoms with van der Waals surface area (Å²) in [5.74, 6) is 0.761. The van der Waals surface area contributed by atoms with Gasteiger partial charge < -0.3 is 10.1 Å². The molecule has 1 aliphatic heterocycles. The lowest BCUT2D eigenvalue weighted by Gasteiger charge is -2.27. The molecule has 0 unspecified atom stereocenters. The SMILES string of the molecule is Clc1ncc(OC[C@H]2CCN2)cc1-c1ccccc1. The summed E-state index contributed by atoms with van der Waals surface area (Å²) in [5.41, 5.74) is 1.95. The van der Waals surface area contributed by atoms with E-state index in [1.165, 1.54) is 6.42 Å². The summed E-state index contributed by atoms with van der Waals surface area (Å²) in [6.07, 6.45) is 2.85. The van der Waals surface area contributed by atoms with Gasteiger partial charge in [-0.25, -0.2) is 4.98 Å². The lowest BCUT2D eigenvalue weighted by atomic mass is 10.1. The predicted octanol–water partition coefficient (Wildman–Crippen LogP) is 3.14. The molecule has 0 spiro atoms. The van der Waals surface area contributed by atoms with Crippen molar-refractivity contribution >= 4 is 11.6 Å². The number of hydrogen-bond donors (Lipinski definition) is 1. The van der Waals surface area contributed by atoms with Crippen LogP contribution >= 0.6 is 11.6 Å². The van der Waals surface area contributed by atoms with Crippen LogP contribution in [-0.2, 0) is 0 Å². The van der Waals surface area contributed by atoms with Crippen LogP contribution in [0, 0.1) is 0 Å². The van der Waals surface area contributed by atoms with E-state index in [0.717, 1.165) is 23.4 Å². The number of ether oxygens (including phenoxy) is 1. The highest BCUT2D eigenvalue weighted by Crippen LogP contribution is 2.29. The highest BCUT2D eigenvalue weighted by atomic mass is 35.5. The van der Waals surface area contributed by atoms with E-state index >= 15 is 0 Å². The van der Waals surface area contributed by atoms with Crippen molar-refractivity contribution < 1.29 is 4.74 Å². The number of benzene rings is 1. The predicted molar refractivity (Wildman–Crippen MR) is 76.6 cm³/mol. The van der Waals surface area contributed by atoms with Crippen molar-refractivity contribution in [1.82, 2.24) is 10.3 Å². The van der Waals surface area contributed by atoms with E-state index in [1.54, 1.807) is 6.20 Å². The van der Waals surface area contributed by atoms with E-state index in [4.69, 9.17) is 16.3 Å². The zero-order valence-corrected chi connectivity index (χ0v) is 11.2. The number of aromatic nitrogens is 1. The molecule has 2 heterocycles. The second-order valence-electron chi connectivity index (χ2n) is 4.63. The summed E-state index contributed by atoms with van der Waals surface area (Å²) >= 11 is 6.15. The molecule has 1 fully saturated rings. The van der Waals surface area contributed by atoms with E-state index < -0.39 is 0 Å². The molecule has 0 aliphatic carbocycles. The third-order valence-corrected chi connectivity index (χ3v) is 3.58. The van der Waals surface area contributed by atoms with E-state index in [9.17, 15) is 0 Å². The molecule has 0 saturated carbocycles. The minimum absolute atomic E-state index is 0.468. The lowest BCUT2D eigenvalue weighted by molar-refractivity contribution is 0.217. The number of nitrogens with one attached hydrogen (secondary N) is 1. The van der Waals surface area contributed by atoms with E-state index in [-0.39, 0.29) is 0 Å². The Hall–Kier alpha value is -1.58. The average molecular weight is 275 g/mol. The molecule has 4 heteroatoms. The molecular formula is C15H15ClN2O. The van der Waals surface area contributed by atoms with Crippen LogP contribution < -0.4 is 10.1 Å². The van der Waals surface area contributed by atoms with Gasteiger partial charge in [-0.05, 0) is 24.6 Å². The first-order valence-corrected chi connectivity index (χ1v) is 6.78. The van der Waals surface area contributed by atoms with Gasteiger partial charge in [0.05, 0.1) is 6.20 Å². The maximum atomic E-state index is 6.15. The molecule has 2 aromatic rings. The monoisotopic (exact) mass is 274 g/mol. The summed E-state index contributed by atoms with van der Waals surface area (Å²) < 4.78 is 5.74. The largest absolute Gasteiger partial charge is 0.490 e. The molecule has 1 aromatic heterocycles. The zero-order valence-electron chi connectivity index (χ0n) is 10.5. The fraction of sp³-hybridized carbons (Fsp3) is 0.267. The maximum Gasteiger partial charge on any atom is 0.138 e. The Morgan fingerprint density at radius 2 is 2.11 bits per heavy atom. The fourth-order valence-electron chi connectivity index (χ4n) is 2.02. The summed E-state index contributed by atoms with van der Waals surface area (Å²) in [6.45, 7) is 1.76. The van der Waals surface area contributed by atoms with Crippen LogP contribution in [0.15, 0.2) is 42.6 Å². The summed E-state index contributed by atoms with van der Waals surface area (Å²) in [5, 5.41) is 3.80. The van der Waals surface area contributed by atoms with E-state index in [2.05, 4.69) is 10.3 Å². The van der Waals surface area contributed by atoms with Crippen molar-refractivity contribution in [1.29, 1.82) is 0 Å². The lowest BCUT2D eigenvalue weighted by Crippen LogP contribution is -2.46. The minimum atomic E-state index is 0.468. The molecule has 3 nitrogen and oxygen atoms in total. The van der Waals surface area contributed by atoms with Gasteiger partial charge in [-0.1, -0.05) is 41.9 Å². The van der Waals surface area contributed by atoms with Gasteiger partial charge in [0, 0.05) is 11.6 Å². The van der Waals surface area contributed by atoms with Gasteiger partial charge in [-0.2, -0.15) is 0 Å². The Labute approximate surface area is 117 Å². The molecule has 1 saturated heterocycles. The minimum Gasteiger partial charge on any atom is -0.490 e. The smallest absolute Gasteiger partial charge is 0.138 e. The molecule has 0 bridgehead atoms. The molecule has 0 amide bonds. The van der Waals surface area contributed by atoms with Gasteiger partial charge in [0.15, 0.2) is 0 Å². The van der Waals surface area contributed by atoms with Crippen LogP contribution in [0.5, 0.6) is 5.75 Å². The van der Waals surface area contributed by atoms with Crippen LogP contribution in [0.4, 0.5) is 0 Å². The van der Waals surface area contributed by atoms with Gasteiger partial charge in [0.2, 0.25) is 0 Å². The first-order chi connectivity index (χ1) is 9.33. The highest BCUT2D eigenvalue weighted by Gasteiger charge is 2.17. The Balaban J connectivity index is 1.79. The molecular weight excluding hydrogens is 260 g/mol. The van der Waals surface area contributed by atoms with E-state index in [1.807, 2.05) is 36.4 Å². The number of pyridine rings is 1. The van der Waals surface area contributed by atoms with Gasteiger partial charge >= 0.3 is 0 Å². The van der Waals surface area contributed by atoms with Crippen molar-refractivity contribution in [2.75, 3.05) is 13.2 Å². The Kier molecular flexibility index (Phi) is 3.67. The second-order valence-corrected chi connectivity index (χ2v) is 4.98. The van der Waals surface area contributed by atoms with Crippen molar-refractivity contribution in [3.63, 3.8) is 0 Å². The molecule has 1 N–H and O–H groups in total. The van der Waals surface area contributed by atoms with Crippen LogP contribution in [-0.4, -0.2) is 24.2 Å². The molecule has 98 valence electrons. The molecule has 19 heavy (non-hydrogen) atoms. The van der Waals surface area contributed by atoms with Crippen LogP contribution in [0.1, 0.15) is 6.42 Å². The van der Waals surface area contributed by atoms with Crippen LogP contribution in [0.25, 0.3) is 11.1 Å². The Morgan fingerprint density at radius 3 is 2.79 bits per heavy atom. The topological polar surface area (TPSA) is 34.1 Å². The van der Waals surface area contributed by atoms with Crippen molar-refractivity contribution in [3.05, 3.63) is 47.7 Å². The normalized spacial score (nSPS) is 17.8. The van der Waals surface area contributed by atoms with Crippen molar-refractivity contribution in [3.8, 4) is 16.9 Å². The van der Waals surface area contributed by atoms with Gasteiger partial charge in [-0.3, -0.25) is 0 Å².